The second-order valence-corrected chi connectivity index (χ2v) is 3.87. The fourth-order valence-electron chi connectivity index (χ4n) is 2.00. The SMILES string of the molecule is COc1ccc(C(CN)CCO)c(OC)c1OC. The van der Waals surface area contributed by atoms with Crippen LogP contribution in [0.15, 0.2) is 12.1 Å². The van der Waals surface area contributed by atoms with E-state index in [9.17, 15) is 0 Å². The van der Waals surface area contributed by atoms with Gasteiger partial charge < -0.3 is 25.1 Å². The van der Waals surface area contributed by atoms with Crippen molar-refractivity contribution in [1.29, 1.82) is 0 Å². The van der Waals surface area contributed by atoms with Crippen LogP contribution in [0.5, 0.6) is 17.2 Å². The van der Waals surface area contributed by atoms with E-state index < -0.39 is 0 Å². The normalized spacial score (nSPS) is 12.1. The molecule has 0 aliphatic rings. The number of aliphatic hydroxyl groups excluding tert-OH is 1. The maximum atomic E-state index is 9.07. The summed E-state index contributed by atoms with van der Waals surface area (Å²) in [6.07, 6.45) is 0.586. The molecule has 0 saturated heterocycles. The van der Waals surface area contributed by atoms with Gasteiger partial charge in [-0.2, -0.15) is 0 Å². The molecule has 1 aromatic carbocycles. The number of hydrogen-bond donors (Lipinski definition) is 2. The van der Waals surface area contributed by atoms with Crippen LogP contribution in [0.1, 0.15) is 17.9 Å². The van der Waals surface area contributed by atoms with Crippen molar-refractivity contribution in [2.75, 3.05) is 34.5 Å². The predicted molar refractivity (Wildman–Crippen MR) is 69.6 cm³/mol. The highest BCUT2D eigenvalue weighted by Crippen LogP contribution is 2.42. The molecule has 1 unspecified atom stereocenters. The smallest absolute Gasteiger partial charge is 0.203 e. The van der Waals surface area contributed by atoms with Crippen LogP contribution in [-0.2, 0) is 0 Å². The van der Waals surface area contributed by atoms with E-state index in [0.29, 0.717) is 30.2 Å². The molecule has 0 heterocycles. The zero-order chi connectivity index (χ0) is 13.5. The fourth-order valence-corrected chi connectivity index (χ4v) is 2.00. The lowest BCUT2D eigenvalue weighted by atomic mass is 9.94. The summed E-state index contributed by atoms with van der Waals surface area (Å²) in [4.78, 5) is 0. The molecule has 0 saturated carbocycles. The van der Waals surface area contributed by atoms with Gasteiger partial charge in [0.2, 0.25) is 5.75 Å². The Morgan fingerprint density at radius 1 is 1.11 bits per heavy atom. The maximum Gasteiger partial charge on any atom is 0.203 e. The van der Waals surface area contributed by atoms with Crippen molar-refractivity contribution >= 4 is 0 Å². The third-order valence-corrected chi connectivity index (χ3v) is 2.94. The van der Waals surface area contributed by atoms with E-state index >= 15 is 0 Å². The van der Waals surface area contributed by atoms with Gasteiger partial charge in [0.15, 0.2) is 11.5 Å². The van der Waals surface area contributed by atoms with Gasteiger partial charge in [-0.05, 0) is 19.0 Å². The summed E-state index contributed by atoms with van der Waals surface area (Å²) in [5, 5.41) is 9.07. The Kier molecular flexibility index (Phi) is 5.74. The van der Waals surface area contributed by atoms with Crippen molar-refractivity contribution in [2.45, 2.75) is 12.3 Å². The molecule has 3 N–H and O–H groups in total. The van der Waals surface area contributed by atoms with Crippen molar-refractivity contribution in [2.24, 2.45) is 5.73 Å². The van der Waals surface area contributed by atoms with Crippen molar-refractivity contribution in [3.05, 3.63) is 17.7 Å². The molecule has 0 aromatic heterocycles. The number of aliphatic hydroxyl groups is 1. The molecule has 0 aliphatic carbocycles. The van der Waals surface area contributed by atoms with Crippen molar-refractivity contribution < 1.29 is 19.3 Å². The van der Waals surface area contributed by atoms with Crippen LogP contribution in [-0.4, -0.2) is 39.6 Å². The predicted octanol–water partition coefficient (Wildman–Crippen LogP) is 1.14. The topological polar surface area (TPSA) is 73.9 Å². The summed E-state index contributed by atoms with van der Waals surface area (Å²) in [5.41, 5.74) is 6.66. The summed E-state index contributed by atoms with van der Waals surface area (Å²) in [6, 6.07) is 3.71. The van der Waals surface area contributed by atoms with E-state index in [1.54, 1.807) is 21.3 Å². The van der Waals surface area contributed by atoms with Gasteiger partial charge in [-0.15, -0.1) is 0 Å². The molecule has 0 amide bonds. The van der Waals surface area contributed by atoms with E-state index in [1.807, 2.05) is 12.1 Å². The molecule has 0 radical (unpaired) electrons. The molecule has 1 aromatic rings. The molecular formula is C13H21NO4. The largest absolute Gasteiger partial charge is 0.493 e. The highest BCUT2D eigenvalue weighted by molar-refractivity contribution is 5.56. The molecule has 1 rings (SSSR count). The van der Waals surface area contributed by atoms with Crippen LogP contribution in [0.3, 0.4) is 0 Å². The lowest BCUT2D eigenvalue weighted by Crippen LogP contribution is -2.15. The summed E-state index contributed by atoms with van der Waals surface area (Å²) < 4.78 is 15.9. The Balaban J connectivity index is 3.26. The van der Waals surface area contributed by atoms with Gasteiger partial charge in [0.1, 0.15) is 0 Å². The average molecular weight is 255 g/mol. The number of rotatable bonds is 7. The minimum atomic E-state index is 0.0322. The van der Waals surface area contributed by atoms with Gasteiger partial charge in [0.05, 0.1) is 21.3 Å². The first kappa shape index (κ1) is 14.6. The summed E-state index contributed by atoms with van der Waals surface area (Å²) in [5.74, 6) is 1.80. The van der Waals surface area contributed by atoms with Crippen LogP contribution >= 0.6 is 0 Å². The summed E-state index contributed by atoms with van der Waals surface area (Å²) >= 11 is 0. The van der Waals surface area contributed by atoms with E-state index in [1.165, 1.54) is 0 Å². The quantitative estimate of drug-likeness (QED) is 0.764. The molecule has 0 fully saturated rings. The lowest BCUT2D eigenvalue weighted by Gasteiger charge is -2.20. The number of nitrogens with two attached hydrogens (primary N) is 1. The van der Waals surface area contributed by atoms with Crippen LogP contribution in [0.4, 0.5) is 0 Å². The van der Waals surface area contributed by atoms with Gasteiger partial charge in [-0.3, -0.25) is 0 Å². The highest BCUT2D eigenvalue weighted by atomic mass is 16.5. The standard InChI is InChI=1S/C13H21NO4/c1-16-11-5-4-10(9(8-14)6-7-15)12(17-2)13(11)18-3/h4-5,9,15H,6-8,14H2,1-3H3. The molecular weight excluding hydrogens is 234 g/mol. The van der Waals surface area contributed by atoms with E-state index in [2.05, 4.69) is 0 Å². The highest BCUT2D eigenvalue weighted by Gasteiger charge is 2.21. The molecule has 1 atom stereocenters. The summed E-state index contributed by atoms with van der Waals surface area (Å²) in [6.45, 7) is 0.520. The number of methoxy groups -OCH3 is 3. The Morgan fingerprint density at radius 2 is 1.78 bits per heavy atom. The zero-order valence-electron chi connectivity index (χ0n) is 11.1. The van der Waals surface area contributed by atoms with Gasteiger partial charge in [-0.25, -0.2) is 0 Å². The monoisotopic (exact) mass is 255 g/mol. The number of benzene rings is 1. The molecule has 5 nitrogen and oxygen atoms in total. The zero-order valence-corrected chi connectivity index (χ0v) is 11.1. The fraction of sp³-hybridized carbons (Fsp3) is 0.538. The average Bonchev–Trinajstić information content (AvgIpc) is 2.42. The van der Waals surface area contributed by atoms with Gasteiger partial charge in [0, 0.05) is 18.1 Å². The summed E-state index contributed by atoms with van der Waals surface area (Å²) in [7, 11) is 4.71. The Bertz CT molecular complexity index is 381. The molecule has 18 heavy (non-hydrogen) atoms. The van der Waals surface area contributed by atoms with Crippen LogP contribution in [0.2, 0.25) is 0 Å². The molecule has 0 aliphatic heterocycles. The van der Waals surface area contributed by atoms with Gasteiger partial charge in [0.25, 0.3) is 0 Å². The van der Waals surface area contributed by atoms with E-state index in [0.717, 1.165) is 5.56 Å². The molecule has 0 bridgehead atoms. The minimum absolute atomic E-state index is 0.0322. The van der Waals surface area contributed by atoms with E-state index in [-0.39, 0.29) is 12.5 Å². The van der Waals surface area contributed by atoms with Crippen molar-refractivity contribution in [3.63, 3.8) is 0 Å². The minimum Gasteiger partial charge on any atom is -0.493 e. The van der Waals surface area contributed by atoms with E-state index in [4.69, 9.17) is 25.1 Å². The Morgan fingerprint density at radius 3 is 2.22 bits per heavy atom. The Labute approximate surface area is 107 Å². The van der Waals surface area contributed by atoms with Crippen molar-refractivity contribution in [1.82, 2.24) is 0 Å². The third-order valence-electron chi connectivity index (χ3n) is 2.94. The number of ether oxygens (including phenoxy) is 3. The van der Waals surface area contributed by atoms with Crippen LogP contribution in [0, 0.1) is 0 Å². The second-order valence-electron chi connectivity index (χ2n) is 3.87. The molecule has 0 spiro atoms. The van der Waals surface area contributed by atoms with Gasteiger partial charge in [-0.1, -0.05) is 6.07 Å². The first-order valence-corrected chi connectivity index (χ1v) is 5.83. The first-order valence-electron chi connectivity index (χ1n) is 5.83. The molecule has 5 heteroatoms. The van der Waals surface area contributed by atoms with Crippen LogP contribution in [0.25, 0.3) is 0 Å². The Hall–Kier alpha value is -1.46. The maximum absolute atomic E-state index is 9.07. The third kappa shape index (κ3) is 2.86. The second kappa shape index (κ2) is 7.08. The molecule has 102 valence electrons. The van der Waals surface area contributed by atoms with Crippen molar-refractivity contribution in [3.8, 4) is 17.2 Å². The van der Waals surface area contributed by atoms with Gasteiger partial charge >= 0.3 is 0 Å². The van der Waals surface area contributed by atoms with Crippen LogP contribution < -0.4 is 19.9 Å². The lowest BCUT2D eigenvalue weighted by molar-refractivity contribution is 0.273. The first-order chi connectivity index (χ1) is 8.73. The number of hydrogen-bond acceptors (Lipinski definition) is 5.